The van der Waals surface area contributed by atoms with Gasteiger partial charge in [-0.15, -0.1) is 11.3 Å². The van der Waals surface area contributed by atoms with E-state index in [4.69, 9.17) is 4.74 Å². The van der Waals surface area contributed by atoms with Gasteiger partial charge in [-0.05, 0) is 49.4 Å². The molecule has 12 heteroatoms. The zero-order chi connectivity index (χ0) is 25.0. The van der Waals surface area contributed by atoms with Crippen LogP contribution in [0.5, 0.6) is 0 Å². The van der Waals surface area contributed by atoms with Crippen molar-refractivity contribution in [3.05, 3.63) is 40.5 Å². The second-order valence-electron chi connectivity index (χ2n) is 8.16. The van der Waals surface area contributed by atoms with Crippen LogP contribution in [0.15, 0.2) is 44.9 Å². The van der Waals surface area contributed by atoms with Crippen LogP contribution >= 0.6 is 22.7 Å². The van der Waals surface area contributed by atoms with Crippen molar-refractivity contribution in [2.24, 2.45) is 10.9 Å². The molecule has 0 radical (unpaired) electrons. The summed E-state index contributed by atoms with van der Waals surface area (Å²) in [6.07, 6.45) is 0.868. The first-order valence-electron chi connectivity index (χ1n) is 11.4. The number of amides is 2. The van der Waals surface area contributed by atoms with E-state index >= 15 is 0 Å². The summed E-state index contributed by atoms with van der Waals surface area (Å²) in [7, 11) is -3.51. The molecule has 1 N–H and O–H groups in total. The lowest BCUT2D eigenvalue weighted by molar-refractivity contribution is -0.123. The molecular formula is C23H28N4O5S3. The summed E-state index contributed by atoms with van der Waals surface area (Å²) in [5.41, 5.74) is 1.59. The highest BCUT2D eigenvalue weighted by Crippen LogP contribution is 2.27. The van der Waals surface area contributed by atoms with Crippen molar-refractivity contribution in [1.29, 1.82) is 0 Å². The Morgan fingerprint density at radius 3 is 2.66 bits per heavy atom. The summed E-state index contributed by atoms with van der Waals surface area (Å²) in [4.78, 5) is 29.6. The first-order chi connectivity index (χ1) is 16.8. The van der Waals surface area contributed by atoms with E-state index in [-0.39, 0.29) is 17.7 Å². The molecule has 2 amide bonds. The molecule has 0 atom stereocenters. The number of anilines is 1. The average molecular weight is 537 g/mol. The van der Waals surface area contributed by atoms with Crippen LogP contribution in [0.3, 0.4) is 0 Å². The molecule has 0 saturated carbocycles. The number of hydrogen-bond donors (Lipinski definition) is 1. The molecule has 1 aliphatic heterocycles. The molecule has 1 aromatic carbocycles. The van der Waals surface area contributed by atoms with Crippen molar-refractivity contribution in [3.63, 3.8) is 0 Å². The Hall–Kier alpha value is -2.38. The Kier molecular flexibility index (Phi) is 8.17. The summed E-state index contributed by atoms with van der Waals surface area (Å²) in [5.74, 6) is -0.722. The fraction of sp³-hybridized carbons (Fsp3) is 0.435. The number of carbonyl (C=O) groups is 2. The van der Waals surface area contributed by atoms with Gasteiger partial charge in [0.15, 0.2) is 4.80 Å². The minimum absolute atomic E-state index is 0.155. The number of ether oxygens (including phenoxy) is 1. The van der Waals surface area contributed by atoms with Crippen molar-refractivity contribution < 1.29 is 22.7 Å². The highest BCUT2D eigenvalue weighted by Gasteiger charge is 2.32. The Balaban J connectivity index is 1.55. The maximum absolute atomic E-state index is 13.1. The molecule has 0 spiro atoms. The maximum Gasteiger partial charge on any atom is 0.252 e. The number of nitrogens with one attached hydrogen (secondary N) is 1. The van der Waals surface area contributed by atoms with E-state index in [1.807, 2.05) is 29.7 Å². The Bertz CT molecular complexity index is 1370. The van der Waals surface area contributed by atoms with Crippen LogP contribution in [0.4, 0.5) is 5.69 Å². The van der Waals surface area contributed by atoms with Crippen LogP contribution in [0.2, 0.25) is 0 Å². The smallest absolute Gasteiger partial charge is 0.252 e. The van der Waals surface area contributed by atoms with Gasteiger partial charge in [0.2, 0.25) is 5.91 Å². The number of nitrogens with zero attached hydrogens (tertiary/aromatic N) is 3. The highest BCUT2D eigenvalue weighted by molar-refractivity contribution is 7.91. The number of aromatic nitrogens is 1. The summed E-state index contributed by atoms with van der Waals surface area (Å²) in [5, 5.41) is 4.52. The van der Waals surface area contributed by atoms with E-state index in [1.165, 1.54) is 33.9 Å². The third-order valence-corrected chi connectivity index (χ3v) is 10.1. The number of thiophene rings is 1. The zero-order valence-corrected chi connectivity index (χ0v) is 22.0. The second-order valence-corrected chi connectivity index (χ2v) is 12.3. The van der Waals surface area contributed by atoms with Crippen molar-refractivity contribution in [1.82, 2.24) is 8.87 Å². The summed E-state index contributed by atoms with van der Waals surface area (Å²) >= 11 is 2.58. The minimum atomic E-state index is -3.51. The number of piperidine rings is 1. The summed E-state index contributed by atoms with van der Waals surface area (Å²) in [6.45, 7) is 5.58. The maximum atomic E-state index is 13.1. The average Bonchev–Trinajstić information content (AvgIpc) is 3.48. The fourth-order valence-corrected chi connectivity index (χ4v) is 7.74. The normalized spacial score (nSPS) is 16.1. The van der Waals surface area contributed by atoms with Gasteiger partial charge in [0.1, 0.15) is 4.21 Å². The van der Waals surface area contributed by atoms with Gasteiger partial charge in [-0.2, -0.15) is 9.30 Å². The van der Waals surface area contributed by atoms with Crippen molar-refractivity contribution in [2.45, 2.75) is 37.4 Å². The number of benzene rings is 1. The van der Waals surface area contributed by atoms with Crippen LogP contribution < -0.4 is 10.1 Å². The van der Waals surface area contributed by atoms with Crippen LogP contribution in [0, 0.1) is 5.92 Å². The van der Waals surface area contributed by atoms with E-state index in [0.29, 0.717) is 60.4 Å². The van der Waals surface area contributed by atoms with Crippen molar-refractivity contribution in [2.75, 3.05) is 31.6 Å². The quantitative estimate of drug-likeness (QED) is 0.444. The lowest BCUT2D eigenvalue weighted by Crippen LogP contribution is -2.40. The summed E-state index contributed by atoms with van der Waals surface area (Å²) < 4.78 is 35.7. The Morgan fingerprint density at radius 1 is 1.23 bits per heavy atom. The minimum Gasteiger partial charge on any atom is -0.380 e. The molecule has 3 heterocycles. The number of sulfonamides is 1. The van der Waals surface area contributed by atoms with E-state index < -0.39 is 10.0 Å². The third-order valence-electron chi connectivity index (χ3n) is 5.76. The topological polar surface area (TPSA) is 110 Å². The lowest BCUT2D eigenvalue weighted by atomic mass is 9.98. The molecule has 3 aromatic rings. The van der Waals surface area contributed by atoms with Crippen molar-refractivity contribution in [3.8, 4) is 0 Å². The molecule has 9 nitrogen and oxygen atoms in total. The molecule has 188 valence electrons. The predicted octanol–water partition coefficient (Wildman–Crippen LogP) is 3.29. The highest BCUT2D eigenvalue weighted by atomic mass is 32.2. The zero-order valence-electron chi connectivity index (χ0n) is 19.6. The van der Waals surface area contributed by atoms with E-state index in [0.717, 1.165) is 10.2 Å². The molecule has 2 aromatic heterocycles. The molecular weight excluding hydrogens is 508 g/mol. The summed E-state index contributed by atoms with van der Waals surface area (Å²) in [6, 6.07) is 8.92. The third kappa shape index (κ3) is 5.89. The second kappa shape index (κ2) is 11.1. The standard InChI is InChI=1S/C23H28N4O5S3/c1-3-32-13-12-27-19-7-6-18(24-16(2)28)15-20(19)34-23(27)25-22(29)17-8-10-26(11-9-17)35(30,31)21-5-4-14-33-21/h4-7,14-15,17H,3,8-13H2,1-2H3,(H,24,28). The molecule has 1 fully saturated rings. The van der Waals surface area contributed by atoms with E-state index in [9.17, 15) is 18.0 Å². The molecule has 1 aliphatic rings. The van der Waals surface area contributed by atoms with E-state index in [1.54, 1.807) is 17.5 Å². The Labute approximate surface area is 212 Å². The predicted molar refractivity (Wildman–Crippen MR) is 137 cm³/mol. The van der Waals surface area contributed by atoms with Gasteiger partial charge in [-0.3, -0.25) is 9.59 Å². The number of thiazole rings is 1. The number of hydrogen-bond acceptors (Lipinski definition) is 7. The largest absolute Gasteiger partial charge is 0.380 e. The van der Waals surface area contributed by atoms with Gasteiger partial charge in [0.25, 0.3) is 15.9 Å². The first kappa shape index (κ1) is 25.7. The van der Waals surface area contributed by atoms with Crippen LogP contribution in [0.1, 0.15) is 26.7 Å². The molecule has 0 unspecified atom stereocenters. The van der Waals surface area contributed by atoms with Crippen molar-refractivity contribution >= 4 is 60.4 Å². The van der Waals surface area contributed by atoms with Gasteiger partial charge < -0.3 is 14.6 Å². The molecule has 35 heavy (non-hydrogen) atoms. The molecule has 0 aliphatic carbocycles. The number of carbonyl (C=O) groups excluding carboxylic acids is 2. The number of rotatable bonds is 8. The molecule has 0 bridgehead atoms. The van der Waals surface area contributed by atoms with Crippen LogP contribution in [0.25, 0.3) is 10.2 Å². The monoisotopic (exact) mass is 536 g/mol. The Morgan fingerprint density at radius 2 is 2.00 bits per heavy atom. The number of fused-ring (bicyclic) bond motifs is 1. The van der Waals surface area contributed by atoms with Gasteiger partial charge >= 0.3 is 0 Å². The lowest BCUT2D eigenvalue weighted by Gasteiger charge is -2.29. The molecule has 1 saturated heterocycles. The SMILES string of the molecule is CCOCCn1c(=NC(=O)C2CCN(S(=O)(=O)c3cccs3)CC2)sc2cc(NC(C)=O)ccc21. The van der Waals surface area contributed by atoms with E-state index in [2.05, 4.69) is 10.3 Å². The fourth-order valence-electron chi connectivity index (χ4n) is 4.02. The van der Waals surface area contributed by atoms with Crippen LogP contribution in [-0.2, 0) is 30.9 Å². The molecule has 4 rings (SSSR count). The van der Waals surface area contributed by atoms with Gasteiger partial charge in [0.05, 0.1) is 16.8 Å². The van der Waals surface area contributed by atoms with Gasteiger partial charge in [-0.1, -0.05) is 17.4 Å². The van der Waals surface area contributed by atoms with Gasteiger partial charge in [-0.25, -0.2) is 8.42 Å². The first-order valence-corrected chi connectivity index (χ1v) is 14.5. The van der Waals surface area contributed by atoms with Crippen LogP contribution in [-0.4, -0.2) is 55.4 Å². The van der Waals surface area contributed by atoms with Gasteiger partial charge in [0, 0.05) is 44.8 Å².